The number of aryl methyl sites for hydroxylation is 1. The Morgan fingerprint density at radius 3 is 1.61 bits per heavy atom. The summed E-state index contributed by atoms with van der Waals surface area (Å²) in [5.74, 6) is 1.79. The molecule has 0 heterocycles. The van der Waals surface area contributed by atoms with E-state index < -0.39 is 0 Å². The molecule has 170 valence electrons. The summed E-state index contributed by atoms with van der Waals surface area (Å²) in [5.41, 5.74) is 5.57. The van der Waals surface area contributed by atoms with Gasteiger partial charge in [0.1, 0.15) is 0 Å². The average molecular weight is 419 g/mol. The molecule has 0 aliphatic heterocycles. The monoisotopic (exact) mass is 418 g/mol. The van der Waals surface area contributed by atoms with Gasteiger partial charge in [-0.15, -0.1) is 0 Å². The summed E-state index contributed by atoms with van der Waals surface area (Å²) >= 11 is 0. The van der Waals surface area contributed by atoms with Gasteiger partial charge in [0.15, 0.2) is 0 Å². The van der Waals surface area contributed by atoms with Crippen molar-refractivity contribution in [3.8, 4) is 11.1 Å². The van der Waals surface area contributed by atoms with Crippen LogP contribution in [0.1, 0.15) is 120 Å². The molecule has 2 aromatic rings. The van der Waals surface area contributed by atoms with Gasteiger partial charge in [0, 0.05) is 0 Å². The fourth-order valence-electron chi connectivity index (χ4n) is 5.40. The lowest BCUT2D eigenvalue weighted by Gasteiger charge is -2.29. The number of rotatable bonds is 13. The molecule has 1 aliphatic carbocycles. The first kappa shape index (κ1) is 24.1. The highest BCUT2D eigenvalue weighted by Gasteiger charge is 2.22. The summed E-state index contributed by atoms with van der Waals surface area (Å²) in [4.78, 5) is 0. The fourth-order valence-corrected chi connectivity index (χ4v) is 5.40. The van der Waals surface area contributed by atoms with Crippen molar-refractivity contribution in [1.82, 2.24) is 0 Å². The molecular weight excluding hydrogens is 372 g/mol. The van der Waals surface area contributed by atoms with E-state index in [1.165, 1.54) is 113 Å². The predicted octanol–water partition coefficient (Wildman–Crippen LogP) is 10.2. The molecule has 2 aromatic carbocycles. The molecule has 0 unspecified atom stereocenters. The zero-order chi connectivity index (χ0) is 21.7. The zero-order valence-electron chi connectivity index (χ0n) is 20.4. The van der Waals surface area contributed by atoms with E-state index in [4.69, 9.17) is 0 Å². The first-order chi connectivity index (χ1) is 15.3. The van der Waals surface area contributed by atoms with E-state index in [1.807, 2.05) is 0 Å². The number of unbranched alkanes of at least 4 members (excludes halogenated alkanes) is 9. The number of hydrogen-bond donors (Lipinski definition) is 0. The second-order valence-corrected chi connectivity index (χ2v) is 10.2. The highest BCUT2D eigenvalue weighted by atomic mass is 14.3. The van der Waals surface area contributed by atoms with Crippen LogP contribution in [0.25, 0.3) is 11.1 Å². The van der Waals surface area contributed by atoms with Crippen molar-refractivity contribution in [2.24, 2.45) is 5.92 Å². The van der Waals surface area contributed by atoms with Crippen LogP contribution in [0, 0.1) is 12.8 Å². The number of benzene rings is 2. The lowest BCUT2D eigenvalue weighted by molar-refractivity contribution is 0.302. The molecule has 0 radical (unpaired) electrons. The molecular formula is C31H46. The van der Waals surface area contributed by atoms with Crippen molar-refractivity contribution < 1.29 is 0 Å². The van der Waals surface area contributed by atoms with Gasteiger partial charge in [0.05, 0.1) is 0 Å². The van der Waals surface area contributed by atoms with E-state index >= 15 is 0 Å². The molecule has 0 aromatic heterocycles. The molecule has 0 atom stereocenters. The van der Waals surface area contributed by atoms with Gasteiger partial charge in [0.25, 0.3) is 0 Å². The van der Waals surface area contributed by atoms with Crippen molar-refractivity contribution in [2.75, 3.05) is 0 Å². The van der Waals surface area contributed by atoms with Crippen molar-refractivity contribution in [3.63, 3.8) is 0 Å². The topological polar surface area (TPSA) is 0 Å². The van der Waals surface area contributed by atoms with Gasteiger partial charge in [-0.2, -0.15) is 0 Å². The largest absolute Gasteiger partial charge is 0.0654 e. The van der Waals surface area contributed by atoms with Crippen LogP contribution in [-0.4, -0.2) is 0 Å². The summed E-state index contributed by atoms with van der Waals surface area (Å²) in [6, 6.07) is 18.3. The van der Waals surface area contributed by atoms with Gasteiger partial charge in [0.2, 0.25) is 0 Å². The Morgan fingerprint density at radius 2 is 1.06 bits per heavy atom. The first-order valence-electron chi connectivity index (χ1n) is 13.4. The quantitative estimate of drug-likeness (QED) is 0.284. The Kier molecular flexibility index (Phi) is 10.7. The fraction of sp³-hybridized carbons (Fsp3) is 0.613. The molecule has 1 aliphatic rings. The highest BCUT2D eigenvalue weighted by molar-refractivity contribution is 5.64. The van der Waals surface area contributed by atoms with E-state index in [9.17, 15) is 0 Å². The van der Waals surface area contributed by atoms with Crippen molar-refractivity contribution in [1.29, 1.82) is 0 Å². The Hall–Kier alpha value is -1.56. The van der Waals surface area contributed by atoms with Crippen molar-refractivity contribution in [3.05, 3.63) is 59.7 Å². The van der Waals surface area contributed by atoms with E-state index in [0.717, 1.165) is 11.8 Å². The summed E-state index contributed by atoms with van der Waals surface area (Å²) in [6.07, 6.45) is 21.7. The SMILES string of the molecule is CCCCCCCCCCCCC1CCC(c2ccc(-c3ccc(C)cc3)cc2)CC1. The first-order valence-corrected chi connectivity index (χ1v) is 13.4. The highest BCUT2D eigenvalue weighted by Crippen LogP contribution is 2.38. The number of hydrogen-bond acceptors (Lipinski definition) is 0. The average Bonchev–Trinajstić information content (AvgIpc) is 2.81. The third-order valence-corrected chi connectivity index (χ3v) is 7.58. The van der Waals surface area contributed by atoms with Crippen LogP contribution >= 0.6 is 0 Å². The third-order valence-electron chi connectivity index (χ3n) is 7.58. The standard InChI is InChI=1S/C31H46/c1-3-4-5-6-7-8-9-10-11-12-13-27-16-20-29(21-17-27)31-24-22-30(23-25-31)28-18-14-26(2)15-19-28/h14-15,18-19,22-25,27,29H,3-13,16-17,20-21H2,1-2H3. The van der Waals surface area contributed by atoms with Crippen molar-refractivity contribution >= 4 is 0 Å². The van der Waals surface area contributed by atoms with E-state index in [2.05, 4.69) is 62.4 Å². The second-order valence-electron chi connectivity index (χ2n) is 10.2. The van der Waals surface area contributed by atoms with Crippen LogP contribution < -0.4 is 0 Å². The summed E-state index contributed by atoms with van der Waals surface area (Å²) in [7, 11) is 0. The van der Waals surface area contributed by atoms with Gasteiger partial charge in [-0.3, -0.25) is 0 Å². The maximum absolute atomic E-state index is 2.39. The van der Waals surface area contributed by atoms with Gasteiger partial charge < -0.3 is 0 Å². The summed E-state index contributed by atoms with van der Waals surface area (Å²) in [6.45, 7) is 4.45. The van der Waals surface area contributed by atoms with Crippen molar-refractivity contribution in [2.45, 2.75) is 116 Å². The second kappa shape index (κ2) is 13.8. The molecule has 0 nitrogen and oxygen atoms in total. The summed E-state index contributed by atoms with van der Waals surface area (Å²) < 4.78 is 0. The molecule has 3 rings (SSSR count). The molecule has 31 heavy (non-hydrogen) atoms. The van der Waals surface area contributed by atoms with Gasteiger partial charge >= 0.3 is 0 Å². The van der Waals surface area contributed by atoms with Gasteiger partial charge in [-0.25, -0.2) is 0 Å². The molecule has 0 saturated heterocycles. The zero-order valence-corrected chi connectivity index (χ0v) is 20.4. The Bertz CT molecular complexity index is 701. The predicted molar refractivity (Wildman–Crippen MR) is 138 cm³/mol. The van der Waals surface area contributed by atoms with Crippen LogP contribution in [0.4, 0.5) is 0 Å². The van der Waals surface area contributed by atoms with Crippen LogP contribution in [0.15, 0.2) is 48.5 Å². The van der Waals surface area contributed by atoms with Crippen LogP contribution in [0.3, 0.4) is 0 Å². The molecule has 1 saturated carbocycles. The maximum atomic E-state index is 2.39. The Morgan fingerprint density at radius 1 is 0.581 bits per heavy atom. The normalized spacial score (nSPS) is 18.9. The molecule has 1 fully saturated rings. The lowest BCUT2D eigenvalue weighted by Crippen LogP contribution is -2.13. The Balaban J connectivity index is 1.28. The van der Waals surface area contributed by atoms with E-state index in [-0.39, 0.29) is 0 Å². The smallest absolute Gasteiger partial charge is 0.0162 e. The van der Waals surface area contributed by atoms with Crippen LogP contribution in [0.5, 0.6) is 0 Å². The van der Waals surface area contributed by atoms with Gasteiger partial charge in [-0.1, -0.05) is 132 Å². The summed E-state index contributed by atoms with van der Waals surface area (Å²) in [5, 5.41) is 0. The minimum Gasteiger partial charge on any atom is -0.0654 e. The molecule has 0 heteroatoms. The molecule has 0 spiro atoms. The minimum atomic E-state index is 0.788. The van der Waals surface area contributed by atoms with Gasteiger partial charge in [-0.05, 0) is 61.1 Å². The molecule has 0 N–H and O–H groups in total. The maximum Gasteiger partial charge on any atom is -0.0162 e. The molecule has 0 bridgehead atoms. The van der Waals surface area contributed by atoms with Crippen LogP contribution in [0.2, 0.25) is 0 Å². The minimum absolute atomic E-state index is 0.788. The van der Waals surface area contributed by atoms with Crippen LogP contribution in [-0.2, 0) is 0 Å². The Labute approximate surface area is 192 Å². The molecule has 0 amide bonds. The van der Waals surface area contributed by atoms with E-state index in [0.29, 0.717) is 0 Å². The lowest BCUT2D eigenvalue weighted by atomic mass is 9.77. The van der Waals surface area contributed by atoms with E-state index in [1.54, 1.807) is 5.56 Å². The third kappa shape index (κ3) is 8.47.